The molecule has 0 aliphatic heterocycles. The molecule has 2 nitrogen and oxygen atoms in total. The van der Waals surface area contributed by atoms with Crippen molar-refractivity contribution in [1.29, 1.82) is 0 Å². The third-order valence-electron chi connectivity index (χ3n) is 9.07. The van der Waals surface area contributed by atoms with E-state index in [0.717, 1.165) is 12.1 Å². The zero-order chi connectivity index (χ0) is 31.6. The number of benzene rings is 6. The first-order chi connectivity index (χ1) is 22.6. The molecule has 2 N–H and O–H groups in total. The maximum Gasteiger partial charge on any atom is 0.0619 e. The molecule has 0 spiro atoms. The molecule has 1 heterocycles. The molecule has 0 radical (unpaired) electrons. The first-order valence-electron chi connectivity index (χ1n) is 16.0. The molecule has 2 heteroatoms. The highest BCUT2D eigenvalue weighted by molar-refractivity contribution is 6.19. The number of para-hydroxylation sites is 1. The van der Waals surface area contributed by atoms with Crippen LogP contribution in [0.1, 0.15) is 25.8 Å². The molecule has 0 bridgehead atoms. The molecule has 1 aliphatic carbocycles. The average molecular weight is 595 g/mol. The summed E-state index contributed by atoms with van der Waals surface area (Å²) in [7, 11) is 0. The van der Waals surface area contributed by atoms with E-state index in [1.165, 1.54) is 71.2 Å². The van der Waals surface area contributed by atoms with Crippen molar-refractivity contribution in [2.75, 3.05) is 0 Å². The Bertz CT molecular complexity index is 2320. The number of fused-ring (bicyclic) bond motifs is 6. The number of aromatic nitrogens is 1. The van der Waals surface area contributed by atoms with Crippen molar-refractivity contribution in [3.63, 3.8) is 0 Å². The minimum absolute atomic E-state index is 0.0653. The SMILES string of the molecule is C=C/C(C)=C\C.NC1C=C(c2ccc3c4ccc5cc(-c6cccc7ccccc67)ccc5c4n(-c4ccccc4)c3c2)C=CC1. The van der Waals surface area contributed by atoms with Crippen molar-refractivity contribution in [2.45, 2.75) is 26.3 Å². The fourth-order valence-electron chi connectivity index (χ4n) is 6.52. The number of rotatable bonds is 4. The van der Waals surface area contributed by atoms with Crippen molar-refractivity contribution in [3.05, 3.63) is 169 Å². The summed E-state index contributed by atoms with van der Waals surface area (Å²) in [6.07, 6.45) is 11.3. The van der Waals surface area contributed by atoms with Gasteiger partial charge in [0.25, 0.3) is 0 Å². The van der Waals surface area contributed by atoms with E-state index in [-0.39, 0.29) is 6.04 Å². The molecule has 7 aromatic rings. The Morgan fingerprint density at radius 3 is 2.26 bits per heavy atom. The zero-order valence-corrected chi connectivity index (χ0v) is 26.4. The molecule has 0 saturated heterocycles. The van der Waals surface area contributed by atoms with Crippen LogP contribution < -0.4 is 5.73 Å². The fraction of sp³-hybridized carbons (Fsp3) is 0.0909. The van der Waals surface area contributed by atoms with Crippen molar-refractivity contribution in [2.24, 2.45) is 5.73 Å². The zero-order valence-electron chi connectivity index (χ0n) is 26.4. The maximum absolute atomic E-state index is 6.27. The van der Waals surface area contributed by atoms with Crippen molar-refractivity contribution >= 4 is 48.9 Å². The first kappa shape index (κ1) is 29.3. The van der Waals surface area contributed by atoms with Gasteiger partial charge in [-0.1, -0.05) is 140 Å². The highest BCUT2D eigenvalue weighted by Crippen LogP contribution is 2.39. The second kappa shape index (κ2) is 12.5. The van der Waals surface area contributed by atoms with Crippen LogP contribution in [-0.2, 0) is 0 Å². The Kier molecular flexibility index (Phi) is 7.97. The molecule has 1 aliphatic rings. The summed E-state index contributed by atoms with van der Waals surface area (Å²) in [5.74, 6) is 0. The van der Waals surface area contributed by atoms with Gasteiger partial charge >= 0.3 is 0 Å². The lowest BCUT2D eigenvalue weighted by molar-refractivity contribution is 0.829. The Balaban J connectivity index is 0.000000517. The summed E-state index contributed by atoms with van der Waals surface area (Å²) in [5.41, 5.74) is 16.0. The molecule has 0 saturated carbocycles. The van der Waals surface area contributed by atoms with Gasteiger partial charge in [-0.3, -0.25) is 0 Å². The average Bonchev–Trinajstić information content (AvgIpc) is 3.45. The molecule has 1 atom stereocenters. The van der Waals surface area contributed by atoms with E-state index >= 15 is 0 Å². The van der Waals surface area contributed by atoms with Gasteiger partial charge in [0.05, 0.1) is 11.0 Å². The van der Waals surface area contributed by atoms with E-state index in [4.69, 9.17) is 5.73 Å². The number of allylic oxidation sites excluding steroid dienone is 5. The van der Waals surface area contributed by atoms with E-state index in [0.29, 0.717) is 0 Å². The van der Waals surface area contributed by atoms with Gasteiger partial charge in [0.1, 0.15) is 0 Å². The summed E-state index contributed by atoms with van der Waals surface area (Å²) >= 11 is 0. The molecule has 6 aromatic carbocycles. The van der Waals surface area contributed by atoms with E-state index in [2.05, 4.69) is 151 Å². The summed E-state index contributed by atoms with van der Waals surface area (Å²) in [5, 5.41) is 7.55. The second-order valence-corrected chi connectivity index (χ2v) is 12.0. The van der Waals surface area contributed by atoms with Crippen LogP contribution >= 0.6 is 0 Å². The molecule has 46 heavy (non-hydrogen) atoms. The summed E-state index contributed by atoms with van der Waals surface area (Å²) < 4.78 is 2.43. The minimum Gasteiger partial charge on any atom is -0.324 e. The molecule has 8 rings (SSSR count). The van der Waals surface area contributed by atoms with Gasteiger partial charge in [-0.15, -0.1) is 0 Å². The highest BCUT2D eigenvalue weighted by Gasteiger charge is 2.17. The van der Waals surface area contributed by atoms with Crippen molar-refractivity contribution < 1.29 is 0 Å². The van der Waals surface area contributed by atoms with E-state index in [1.54, 1.807) is 0 Å². The van der Waals surface area contributed by atoms with Gasteiger partial charge in [-0.05, 0) is 83.0 Å². The largest absolute Gasteiger partial charge is 0.324 e. The molecular weight excluding hydrogens is 556 g/mol. The lowest BCUT2D eigenvalue weighted by Gasteiger charge is -2.14. The fourth-order valence-corrected chi connectivity index (χ4v) is 6.52. The van der Waals surface area contributed by atoms with E-state index < -0.39 is 0 Å². The van der Waals surface area contributed by atoms with Gasteiger partial charge < -0.3 is 10.3 Å². The summed E-state index contributed by atoms with van der Waals surface area (Å²) in [6, 6.07) is 44.3. The van der Waals surface area contributed by atoms with Crippen LogP contribution in [0.3, 0.4) is 0 Å². The van der Waals surface area contributed by atoms with Crippen LogP contribution in [0.15, 0.2) is 164 Å². The Morgan fingerprint density at radius 1 is 0.739 bits per heavy atom. The molecular formula is C44H38N2. The Labute approximate surface area is 271 Å². The number of hydrogen-bond acceptors (Lipinski definition) is 1. The van der Waals surface area contributed by atoms with Gasteiger partial charge in [-0.25, -0.2) is 0 Å². The third-order valence-corrected chi connectivity index (χ3v) is 9.07. The predicted molar refractivity (Wildman–Crippen MR) is 201 cm³/mol. The van der Waals surface area contributed by atoms with Crippen LogP contribution in [-0.4, -0.2) is 10.6 Å². The summed E-state index contributed by atoms with van der Waals surface area (Å²) in [4.78, 5) is 0. The van der Waals surface area contributed by atoms with Crippen LogP contribution in [0.2, 0.25) is 0 Å². The monoisotopic (exact) mass is 594 g/mol. The van der Waals surface area contributed by atoms with E-state index in [1.807, 2.05) is 26.0 Å². The van der Waals surface area contributed by atoms with Crippen molar-refractivity contribution in [1.82, 2.24) is 4.57 Å². The topological polar surface area (TPSA) is 30.9 Å². The number of nitrogens with two attached hydrogens (primary N) is 1. The second-order valence-electron chi connectivity index (χ2n) is 12.0. The quantitative estimate of drug-likeness (QED) is 0.202. The van der Waals surface area contributed by atoms with Crippen LogP contribution in [0.25, 0.3) is 65.7 Å². The molecule has 0 amide bonds. The summed E-state index contributed by atoms with van der Waals surface area (Å²) in [6.45, 7) is 7.58. The normalized spacial score (nSPS) is 14.8. The van der Waals surface area contributed by atoms with Crippen LogP contribution in [0, 0.1) is 0 Å². The molecule has 1 aromatic heterocycles. The van der Waals surface area contributed by atoms with Crippen molar-refractivity contribution in [3.8, 4) is 16.8 Å². The first-order valence-corrected chi connectivity index (χ1v) is 16.0. The molecule has 224 valence electrons. The van der Waals surface area contributed by atoms with E-state index in [9.17, 15) is 0 Å². The van der Waals surface area contributed by atoms with Crippen LogP contribution in [0.4, 0.5) is 0 Å². The smallest absolute Gasteiger partial charge is 0.0619 e. The Morgan fingerprint density at radius 2 is 1.48 bits per heavy atom. The van der Waals surface area contributed by atoms with Crippen LogP contribution in [0.5, 0.6) is 0 Å². The predicted octanol–water partition coefficient (Wildman–Crippen LogP) is 11.6. The highest BCUT2D eigenvalue weighted by atomic mass is 15.0. The van der Waals surface area contributed by atoms with Gasteiger partial charge in [0, 0.05) is 27.9 Å². The van der Waals surface area contributed by atoms with Gasteiger partial charge in [0.2, 0.25) is 0 Å². The minimum atomic E-state index is 0.0653. The Hall–Kier alpha value is -5.44. The molecule has 0 fully saturated rings. The van der Waals surface area contributed by atoms with Gasteiger partial charge in [0.15, 0.2) is 0 Å². The third kappa shape index (κ3) is 5.38. The lowest BCUT2D eigenvalue weighted by atomic mass is 9.95. The lowest BCUT2D eigenvalue weighted by Crippen LogP contribution is -2.17. The van der Waals surface area contributed by atoms with Gasteiger partial charge in [-0.2, -0.15) is 0 Å². The maximum atomic E-state index is 6.27. The number of nitrogens with zero attached hydrogens (tertiary/aromatic N) is 1. The standard InChI is InChI=1S/C38H28N2.C6H10/c39-30-11-6-10-26(23-30)27-16-20-35-36-21-18-29-22-28(33-15-7-9-25-8-4-5-14-32(25)33)17-19-34(29)38(36)40(37(35)24-27)31-12-2-1-3-13-31;1-4-6(3)5-2/h1-10,12-24,30H,11,39H2;4-5H,1H2,2-3H3/b;6-5-. The number of hydrogen-bond donors (Lipinski definition) is 1. The molecule has 1 unspecified atom stereocenters.